The number of hydrogen-bond acceptors (Lipinski definition) is 5. The molecule has 172 valence electrons. The zero-order chi connectivity index (χ0) is 23.8. The predicted molar refractivity (Wildman–Crippen MR) is 123 cm³/mol. The molecule has 2 heterocycles. The highest BCUT2D eigenvalue weighted by Crippen LogP contribution is 2.38. The summed E-state index contributed by atoms with van der Waals surface area (Å²) in [6.45, 7) is 2.30. The molecule has 0 radical (unpaired) electrons. The lowest BCUT2D eigenvalue weighted by Gasteiger charge is -2.13. The van der Waals surface area contributed by atoms with Crippen molar-refractivity contribution in [2.45, 2.75) is 18.4 Å². The molecule has 0 fully saturated rings. The number of hydrogen-bond donors (Lipinski definition) is 2. The van der Waals surface area contributed by atoms with Crippen molar-refractivity contribution in [3.05, 3.63) is 60.1 Å². The molecular formula is C22H25FN7O2S+. The summed E-state index contributed by atoms with van der Waals surface area (Å²) in [5.41, 5.74) is 7.56. The van der Waals surface area contributed by atoms with Gasteiger partial charge in [0.25, 0.3) is 0 Å². The first-order valence-electron chi connectivity index (χ1n) is 10.3. The summed E-state index contributed by atoms with van der Waals surface area (Å²) in [5, 5.41) is 15.0. The van der Waals surface area contributed by atoms with Crippen LogP contribution in [0.1, 0.15) is 5.69 Å². The van der Waals surface area contributed by atoms with Crippen LogP contribution in [-0.2, 0) is 16.6 Å². The molecule has 0 saturated heterocycles. The van der Waals surface area contributed by atoms with Gasteiger partial charge in [-0.1, -0.05) is 12.1 Å². The van der Waals surface area contributed by atoms with Crippen LogP contribution in [0.4, 0.5) is 4.39 Å². The highest BCUT2D eigenvalue weighted by molar-refractivity contribution is 7.89. The normalized spacial score (nSPS) is 12.7. The Balaban J connectivity index is 1.98. The third-order valence-corrected chi connectivity index (χ3v) is 7.31. The van der Waals surface area contributed by atoms with Crippen LogP contribution in [0.25, 0.3) is 33.4 Å². The summed E-state index contributed by atoms with van der Waals surface area (Å²) in [6, 6.07) is 12.4. The van der Waals surface area contributed by atoms with Crippen molar-refractivity contribution in [1.82, 2.24) is 29.5 Å². The van der Waals surface area contributed by atoms with E-state index in [1.54, 1.807) is 18.2 Å². The number of quaternary nitrogens is 1. The minimum absolute atomic E-state index is 0.0507. The molecule has 33 heavy (non-hydrogen) atoms. The number of rotatable bonds is 7. The molecule has 4 rings (SSSR count). The first-order chi connectivity index (χ1) is 15.7. The molecule has 2 aromatic heterocycles. The Hall–Kier alpha value is -3.41. The van der Waals surface area contributed by atoms with Crippen molar-refractivity contribution in [2.24, 2.45) is 0 Å². The van der Waals surface area contributed by atoms with Crippen LogP contribution in [0.2, 0.25) is 0 Å². The van der Waals surface area contributed by atoms with Crippen LogP contribution >= 0.6 is 0 Å². The summed E-state index contributed by atoms with van der Waals surface area (Å²) in [5.74, 6) is 0.142. The molecule has 0 amide bonds. The van der Waals surface area contributed by atoms with Gasteiger partial charge in [-0.05, 0) is 48.0 Å². The van der Waals surface area contributed by atoms with Crippen LogP contribution in [0.5, 0.6) is 0 Å². The first kappa shape index (κ1) is 22.8. The summed E-state index contributed by atoms with van der Waals surface area (Å²) in [6.07, 6.45) is 1.45. The van der Waals surface area contributed by atoms with E-state index >= 15 is 0 Å². The molecular weight excluding hydrogens is 445 g/mol. The first-order valence-corrected chi connectivity index (χ1v) is 11.7. The smallest absolute Gasteiger partial charge is 0.242 e. The van der Waals surface area contributed by atoms with Gasteiger partial charge in [-0.2, -0.15) is 5.21 Å². The second kappa shape index (κ2) is 8.85. The van der Waals surface area contributed by atoms with Crippen molar-refractivity contribution < 1.29 is 18.5 Å². The van der Waals surface area contributed by atoms with E-state index in [1.165, 1.54) is 24.5 Å². The Bertz CT molecular complexity index is 1440. The fourth-order valence-corrected chi connectivity index (χ4v) is 4.82. The zero-order valence-electron chi connectivity index (χ0n) is 18.6. The monoisotopic (exact) mass is 470 g/mol. The van der Waals surface area contributed by atoms with Gasteiger partial charge in [-0.3, -0.25) is 0 Å². The topological polar surface area (TPSA) is 124 Å². The minimum atomic E-state index is -3.62. The van der Waals surface area contributed by atoms with E-state index in [2.05, 4.69) is 26.4 Å². The van der Waals surface area contributed by atoms with Gasteiger partial charge in [-0.15, -0.1) is 10.2 Å². The molecule has 0 aliphatic carbocycles. The van der Waals surface area contributed by atoms with E-state index in [9.17, 15) is 12.8 Å². The summed E-state index contributed by atoms with van der Waals surface area (Å²) in [4.78, 5) is 0.183. The molecule has 0 unspecified atom stereocenters. The fraction of sp³-hybridized carbons (Fsp3) is 0.227. The number of halogens is 1. The van der Waals surface area contributed by atoms with E-state index in [0.717, 1.165) is 27.7 Å². The third kappa shape index (κ3) is 4.17. The van der Waals surface area contributed by atoms with Gasteiger partial charge in [0, 0.05) is 47.9 Å². The highest BCUT2D eigenvalue weighted by Gasteiger charge is 2.21. The number of nitrogens with one attached hydrogen (secondary N) is 1. The Labute approximate surface area is 190 Å². The molecule has 2 aromatic carbocycles. The SMILES string of the molecule is Cc1c(-c2cccc(S(=O)(=O)N(C)C)c2)c2cc(-c3nn[nH]n3)ccc2n1C/C(F)=C/C[NH3+]. The predicted octanol–water partition coefficient (Wildman–Crippen LogP) is 2.14. The number of nitrogens with zero attached hydrogens (tertiary/aromatic N) is 5. The van der Waals surface area contributed by atoms with Crippen molar-refractivity contribution >= 4 is 20.9 Å². The summed E-state index contributed by atoms with van der Waals surface area (Å²) in [7, 11) is -0.630. The molecule has 0 atom stereocenters. The van der Waals surface area contributed by atoms with Crippen LogP contribution in [0.3, 0.4) is 0 Å². The lowest BCUT2D eigenvalue weighted by atomic mass is 10.0. The van der Waals surface area contributed by atoms with Crippen molar-refractivity contribution in [2.75, 3.05) is 20.6 Å². The molecule has 0 bridgehead atoms. The second-order valence-corrected chi connectivity index (χ2v) is 9.92. The van der Waals surface area contributed by atoms with Crippen molar-refractivity contribution in [3.8, 4) is 22.5 Å². The van der Waals surface area contributed by atoms with Crippen LogP contribution in [0, 0.1) is 6.92 Å². The lowest BCUT2D eigenvalue weighted by molar-refractivity contribution is -0.353. The number of tetrazole rings is 1. The van der Waals surface area contributed by atoms with Gasteiger partial charge in [0.1, 0.15) is 5.83 Å². The zero-order valence-corrected chi connectivity index (χ0v) is 19.4. The van der Waals surface area contributed by atoms with Crippen LogP contribution in [-0.4, -0.2) is 58.6 Å². The molecule has 11 heteroatoms. The summed E-state index contributed by atoms with van der Waals surface area (Å²) < 4.78 is 43.0. The van der Waals surface area contributed by atoms with Crippen LogP contribution in [0.15, 0.2) is 59.3 Å². The molecule has 0 spiro atoms. The van der Waals surface area contributed by atoms with E-state index in [4.69, 9.17) is 0 Å². The minimum Gasteiger partial charge on any atom is -0.354 e. The maximum atomic E-state index is 14.5. The lowest BCUT2D eigenvalue weighted by Crippen LogP contribution is -2.49. The average Bonchev–Trinajstić information content (AvgIpc) is 3.41. The maximum absolute atomic E-state index is 14.5. The van der Waals surface area contributed by atoms with Gasteiger partial charge in [-0.25, -0.2) is 17.1 Å². The maximum Gasteiger partial charge on any atom is 0.242 e. The number of sulfonamides is 1. The Morgan fingerprint density at radius 3 is 2.67 bits per heavy atom. The van der Waals surface area contributed by atoms with E-state index < -0.39 is 10.0 Å². The number of allylic oxidation sites excluding steroid dienone is 1. The number of H-pyrrole nitrogens is 1. The van der Waals surface area contributed by atoms with Gasteiger partial charge < -0.3 is 10.3 Å². The number of benzene rings is 2. The number of fused-ring (bicyclic) bond motifs is 1. The number of aromatic nitrogens is 5. The second-order valence-electron chi connectivity index (χ2n) is 7.77. The molecule has 0 aliphatic rings. The largest absolute Gasteiger partial charge is 0.354 e. The van der Waals surface area contributed by atoms with Gasteiger partial charge in [0.2, 0.25) is 15.8 Å². The highest BCUT2D eigenvalue weighted by atomic mass is 32.2. The van der Waals surface area contributed by atoms with Gasteiger partial charge >= 0.3 is 0 Å². The van der Waals surface area contributed by atoms with Crippen LogP contribution < -0.4 is 5.73 Å². The van der Waals surface area contributed by atoms with Crippen molar-refractivity contribution in [1.29, 1.82) is 0 Å². The Morgan fingerprint density at radius 2 is 2.00 bits per heavy atom. The molecule has 4 aromatic rings. The molecule has 4 N–H and O–H groups in total. The Kier molecular flexibility index (Phi) is 6.11. The standard InChI is InChI=1S/C22H24FN7O2S/c1-14-21(15-5-4-6-18(11-15)33(31,32)29(2)3)19-12-16(22-25-27-28-26-22)7-8-20(19)30(14)13-17(23)9-10-24/h4-9,11-12H,10,13,24H2,1-3H3,(H,25,26,27,28)/p+1/b17-9-. The van der Waals surface area contributed by atoms with Crippen molar-refractivity contribution in [3.63, 3.8) is 0 Å². The Morgan fingerprint density at radius 1 is 1.21 bits per heavy atom. The molecule has 9 nitrogen and oxygen atoms in total. The summed E-state index contributed by atoms with van der Waals surface area (Å²) >= 11 is 0. The van der Waals surface area contributed by atoms with E-state index in [-0.39, 0.29) is 17.3 Å². The molecule has 0 aliphatic heterocycles. The van der Waals surface area contributed by atoms with Gasteiger partial charge in [0.15, 0.2) is 0 Å². The van der Waals surface area contributed by atoms with Gasteiger partial charge in [0.05, 0.1) is 18.0 Å². The van der Waals surface area contributed by atoms with E-state index in [1.807, 2.05) is 35.8 Å². The van der Waals surface area contributed by atoms with E-state index in [0.29, 0.717) is 17.9 Å². The fourth-order valence-electron chi connectivity index (χ4n) is 3.87. The molecule has 0 saturated carbocycles. The number of aromatic amines is 1. The quantitative estimate of drug-likeness (QED) is 0.428. The average molecular weight is 471 g/mol. The third-order valence-electron chi connectivity index (χ3n) is 5.50.